The van der Waals surface area contributed by atoms with Gasteiger partial charge in [-0.1, -0.05) is 6.07 Å². The summed E-state index contributed by atoms with van der Waals surface area (Å²) in [5.41, 5.74) is 5.84. The van der Waals surface area contributed by atoms with E-state index in [1.165, 1.54) is 6.42 Å². The standard InChI is InChI=1S/C14H17N3O/c15-9-14(5-1-6-14)17-13-12-8-11(18)3-2-10(12)4-7-16-13/h2-4,7-8,18H,1,5-6,9,15H2,(H,16,17). The maximum atomic E-state index is 9.60. The highest BCUT2D eigenvalue weighted by Crippen LogP contribution is 2.36. The van der Waals surface area contributed by atoms with E-state index in [-0.39, 0.29) is 11.3 Å². The van der Waals surface area contributed by atoms with Crippen LogP contribution in [0.25, 0.3) is 10.8 Å². The second-order valence-electron chi connectivity index (χ2n) is 5.03. The number of hydrogen-bond donors (Lipinski definition) is 3. The van der Waals surface area contributed by atoms with Gasteiger partial charge in [-0.2, -0.15) is 0 Å². The zero-order chi connectivity index (χ0) is 12.6. The third-order valence-electron chi connectivity index (χ3n) is 3.83. The van der Waals surface area contributed by atoms with Crippen molar-refractivity contribution in [3.63, 3.8) is 0 Å². The molecule has 0 saturated heterocycles. The molecular formula is C14H17N3O. The highest BCUT2D eigenvalue weighted by Gasteiger charge is 2.35. The number of fused-ring (bicyclic) bond motifs is 1. The maximum absolute atomic E-state index is 9.60. The summed E-state index contributed by atoms with van der Waals surface area (Å²) in [5, 5.41) is 15.1. The first-order valence-corrected chi connectivity index (χ1v) is 6.28. The molecule has 1 fully saturated rings. The van der Waals surface area contributed by atoms with Gasteiger partial charge >= 0.3 is 0 Å². The maximum Gasteiger partial charge on any atom is 0.134 e. The van der Waals surface area contributed by atoms with Crippen LogP contribution < -0.4 is 11.1 Å². The molecule has 0 radical (unpaired) electrons. The van der Waals surface area contributed by atoms with E-state index in [1.54, 1.807) is 18.3 Å². The van der Waals surface area contributed by atoms with Crippen LogP contribution in [0.1, 0.15) is 19.3 Å². The van der Waals surface area contributed by atoms with Gasteiger partial charge in [0.2, 0.25) is 0 Å². The number of rotatable bonds is 3. The number of phenolic OH excluding ortho intramolecular Hbond substituents is 1. The lowest BCUT2D eigenvalue weighted by atomic mass is 9.77. The number of aromatic hydroxyl groups is 1. The van der Waals surface area contributed by atoms with Crippen LogP contribution in [0.2, 0.25) is 0 Å². The minimum atomic E-state index is -0.00720. The van der Waals surface area contributed by atoms with Gasteiger partial charge in [0.05, 0.1) is 5.54 Å². The van der Waals surface area contributed by atoms with Crippen molar-refractivity contribution in [3.8, 4) is 5.75 Å². The van der Waals surface area contributed by atoms with Gasteiger partial charge in [0.15, 0.2) is 0 Å². The molecule has 1 heterocycles. The topological polar surface area (TPSA) is 71.2 Å². The Hall–Kier alpha value is -1.81. The second-order valence-corrected chi connectivity index (χ2v) is 5.03. The van der Waals surface area contributed by atoms with Gasteiger partial charge < -0.3 is 16.2 Å². The Kier molecular flexibility index (Phi) is 2.59. The molecule has 4 heteroatoms. The first-order chi connectivity index (χ1) is 8.72. The van der Waals surface area contributed by atoms with Crippen LogP contribution in [0, 0.1) is 0 Å². The first-order valence-electron chi connectivity index (χ1n) is 6.28. The molecule has 0 bridgehead atoms. The monoisotopic (exact) mass is 243 g/mol. The van der Waals surface area contributed by atoms with Crippen molar-refractivity contribution >= 4 is 16.6 Å². The SMILES string of the molecule is NCC1(Nc2nccc3ccc(O)cc23)CCC1. The predicted octanol–water partition coefficient (Wildman–Crippen LogP) is 2.23. The molecule has 2 aromatic rings. The summed E-state index contributed by atoms with van der Waals surface area (Å²) in [5.74, 6) is 1.07. The van der Waals surface area contributed by atoms with Crippen molar-refractivity contribution < 1.29 is 5.11 Å². The molecule has 0 atom stereocenters. The van der Waals surface area contributed by atoms with Crippen LogP contribution in [0.4, 0.5) is 5.82 Å². The Morgan fingerprint density at radius 1 is 1.33 bits per heavy atom. The highest BCUT2D eigenvalue weighted by molar-refractivity contribution is 5.93. The molecule has 0 spiro atoms. The Labute approximate surface area is 106 Å². The van der Waals surface area contributed by atoms with Crippen LogP contribution in [-0.4, -0.2) is 22.2 Å². The number of nitrogens with zero attached hydrogens (tertiary/aromatic N) is 1. The quantitative estimate of drug-likeness (QED) is 0.773. The molecule has 18 heavy (non-hydrogen) atoms. The number of phenols is 1. The lowest BCUT2D eigenvalue weighted by molar-refractivity contribution is 0.287. The fourth-order valence-corrected chi connectivity index (χ4v) is 2.49. The molecule has 94 valence electrons. The summed E-state index contributed by atoms with van der Waals surface area (Å²) in [6.45, 7) is 0.615. The summed E-state index contributed by atoms with van der Waals surface area (Å²) in [7, 11) is 0. The predicted molar refractivity (Wildman–Crippen MR) is 72.7 cm³/mol. The average molecular weight is 243 g/mol. The van der Waals surface area contributed by atoms with Crippen molar-refractivity contribution in [2.45, 2.75) is 24.8 Å². The van der Waals surface area contributed by atoms with Crippen molar-refractivity contribution in [3.05, 3.63) is 30.5 Å². The van der Waals surface area contributed by atoms with E-state index in [1.807, 2.05) is 12.1 Å². The molecule has 0 aliphatic heterocycles. The van der Waals surface area contributed by atoms with E-state index in [4.69, 9.17) is 5.73 Å². The number of pyridine rings is 1. The van der Waals surface area contributed by atoms with Crippen LogP contribution in [-0.2, 0) is 0 Å². The van der Waals surface area contributed by atoms with E-state index in [0.717, 1.165) is 29.4 Å². The number of hydrogen-bond acceptors (Lipinski definition) is 4. The van der Waals surface area contributed by atoms with Crippen LogP contribution in [0.3, 0.4) is 0 Å². The van der Waals surface area contributed by atoms with E-state index in [9.17, 15) is 5.11 Å². The lowest BCUT2D eigenvalue weighted by Crippen LogP contribution is -2.51. The third-order valence-corrected chi connectivity index (χ3v) is 3.83. The molecule has 3 rings (SSSR count). The summed E-state index contributed by atoms with van der Waals surface area (Å²) in [4.78, 5) is 4.39. The summed E-state index contributed by atoms with van der Waals surface area (Å²) in [6, 6.07) is 7.27. The minimum absolute atomic E-state index is 0.00720. The highest BCUT2D eigenvalue weighted by atomic mass is 16.3. The Morgan fingerprint density at radius 3 is 2.83 bits per heavy atom. The number of anilines is 1. The van der Waals surface area contributed by atoms with E-state index in [0.29, 0.717) is 6.54 Å². The molecule has 1 aliphatic carbocycles. The number of nitrogens with one attached hydrogen (secondary N) is 1. The number of benzene rings is 1. The van der Waals surface area contributed by atoms with Crippen LogP contribution >= 0.6 is 0 Å². The van der Waals surface area contributed by atoms with E-state index in [2.05, 4.69) is 10.3 Å². The molecule has 1 aromatic heterocycles. The van der Waals surface area contributed by atoms with Gasteiger partial charge in [0.1, 0.15) is 11.6 Å². The molecule has 4 N–H and O–H groups in total. The number of nitrogens with two attached hydrogens (primary N) is 1. The second kappa shape index (κ2) is 4.14. The van der Waals surface area contributed by atoms with E-state index >= 15 is 0 Å². The zero-order valence-electron chi connectivity index (χ0n) is 10.2. The molecule has 1 aromatic carbocycles. The van der Waals surface area contributed by atoms with E-state index < -0.39 is 0 Å². The van der Waals surface area contributed by atoms with Gasteiger partial charge in [-0.25, -0.2) is 4.98 Å². The van der Waals surface area contributed by atoms with Crippen molar-refractivity contribution in [1.82, 2.24) is 4.98 Å². The lowest BCUT2D eigenvalue weighted by Gasteiger charge is -2.42. The zero-order valence-corrected chi connectivity index (χ0v) is 10.2. The summed E-state index contributed by atoms with van der Waals surface area (Å²) < 4.78 is 0. The van der Waals surface area contributed by atoms with Gasteiger partial charge in [-0.15, -0.1) is 0 Å². The van der Waals surface area contributed by atoms with Crippen molar-refractivity contribution in [2.75, 3.05) is 11.9 Å². The minimum Gasteiger partial charge on any atom is -0.508 e. The average Bonchev–Trinajstić information content (AvgIpc) is 2.34. The Bertz CT molecular complexity index is 573. The fraction of sp³-hybridized carbons (Fsp3) is 0.357. The van der Waals surface area contributed by atoms with Gasteiger partial charge in [-0.3, -0.25) is 0 Å². The summed E-state index contributed by atoms with van der Waals surface area (Å²) >= 11 is 0. The molecule has 0 amide bonds. The van der Waals surface area contributed by atoms with Crippen LogP contribution in [0.5, 0.6) is 5.75 Å². The molecule has 4 nitrogen and oxygen atoms in total. The van der Waals surface area contributed by atoms with Gasteiger partial charge in [0.25, 0.3) is 0 Å². The molecule has 0 unspecified atom stereocenters. The Morgan fingerprint density at radius 2 is 2.17 bits per heavy atom. The molecular weight excluding hydrogens is 226 g/mol. The third kappa shape index (κ3) is 1.78. The smallest absolute Gasteiger partial charge is 0.134 e. The van der Waals surface area contributed by atoms with Crippen molar-refractivity contribution in [2.24, 2.45) is 5.73 Å². The molecule has 1 aliphatic rings. The molecule has 1 saturated carbocycles. The van der Waals surface area contributed by atoms with Crippen molar-refractivity contribution in [1.29, 1.82) is 0 Å². The van der Waals surface area contributed by atoms with Gasteiger partial charge in [0, 0.05) is 18.1 Å². The number of aromatic nitrogens is 1. The normalized spacial score (nSPS) is 17.4. The van der Waals surface area contributed by atoms with Gasteiger partial charge in [-0.05, 0) is 42.8 Å². The van der Waals surface area contributed by atoms with Crippen LogP contribution in [0.15, 0.2) is 30.5 Å². The largest absolute Gasteiger partial charge is 0.508 e. The fourth-order valence-electron chi connectivity index (χ4n) is 2.49. The summed E-state index contributed by atoms with van der Waals surface area (Å²) in [6.07, 6.45) is 5.16. The first kappa shape index (κ1) is 11.3. The Balaban J connectivity index is 2.03.